The number of anilines is 2. The van der Waals surface area contributed by atoms with Crippen LogP contribution < -0.4 is 9.62 Å². The second kappa shape index (κ2) is 12.2. The lowest BCUT2D eigenvalue weighted by Crippen LogP contribution is -2.21. The predicted octanol–water partition coefficient (Wildman–Crippen LogP) is 4.41. The van der Waals surface area contributed by atoms with Crippen LogP contribution in [0.1, 0.15) is 28.4 Å². The van der Waals surface area contributed by atoms with E-state index in [4.69, 9.17) is 9.90 Å². The Bertz CT molecular complexity index is 1330. The molecule has 3 aromatic rings. The highest BCUT2D eigenvalue weighted by molar-refractivity contribution is 7.92. The number of rotatable bonds is 8. The zero-order chi connectivity index (χ0) is 27.8. The van der Waals surface area contributed by atoms with Crippen LogP contribution in [-0.4, -0.2) is 48.8 Å². The summed E-state index contributed by atoms with van der Waals surface area (Å²) < 4.78 is 59.4. The highest BCUT2D eigenvalue weighted by Gasteiger charge is 2.38. The minimum Gasteiger partial charge on any atom is -0.478 e. The number of aromatic nitrogens is 1. The molecule has 0 spiro atoms. The average Bonchev–Trinajstić information content (AvgIpc) is 2.84. The second-order valence-corrected chi connectivity index (χ2v) is 9.33. The summed E-state index contributed by atoms with van der Waals surface area (Å²) in [6, 6.07) is 17.4. The van der Waals surface area contributed by atoms with E-state index in [0.717, 1.165) is 17.5 Å². The molecule has 2 aromatic carbocycles. The van der Waals surface area contributed by atoms with Crippen LogP contribution in [0.25, 0.3) is 0 Å². The molecule has 0 atom stereocenters. The molecule has 3 N–H and O–H groups in total. The molecule has 0 radical (unpaired) electrons. The molecule has 0 aliphatic heterocycles. The van der Waals surface area contributed by atoms with Crippen molar-refractivity contribution in [2.75, 3.05) is 16.7 Å². The number of hydrogen-bond donors (Lipinski definition) is 3. The first-order valence-corrected chi connectivity index (χ1v) is 12.1. The van der Waals surface area contributed by atoms with E-state index >= 15 is 0 Å². The van der Waals surface area contributed by atoms with Gasteiger partial charge >= 0.3 is 18.1 Å². The number of carboxylic acid groups (broad SMARTS) is 2. The topological polar surface area (TPSA) is 137 Å². The Balaban J connectivity index is 0.000000604. The van der Waals surface area contributed by atoms with Gasteiger partial charge in [-0.25, -0.2) is 23.0 Å². The molecule has 0 bridgehead atoms. The molecule has 0 saturated heterocycles. The molecule has 1 heterocycles. The highest BCUT2D eigenvalue weighted by Crippen LogP contribution is 2.24. The van der Waals surface area contributed by atoms with Crippen molar-refractivity contribution >= 4 is 33.5 Å². The number of halogens is 3. The van der Waals surface area contributed by atoms with E-state index in [-0.39, 0.29) is 22.0 Å². The summed E-state index contributed by atoms with van der Waals surface area (Å²) in [6.07, 6.45) is -2.96. The molecule has 198 valence electrons. The van der Waals surface area contributed by atoms with Gasteiger partial charge in [-0.3, -0.25) is 4.72 Å². The first kappa shape index (κ1) is 29.1. The van der Waals surface area contributed by atoms with Crippen LogP contribution in [0.15, 0.2) is 71.8 Å². The standard InChI is InChI=1S/C22H23N3O4S.C2HF3O2/c1-3-16-9-11-19(12-10-16)30(28,29)24-18-13-20(22(26)27)21(23-14-18)25(2)15-17-7-5-4-6-8-17;3-2(4,5)1(6)7/h4-14,24H,3,15H2,1-2H3,(H,26,27);(H,6,7). The molecular formula is C24H24F3N3O6S. The molecule has 13 heteroatoms. The summed E-state index contributed by atoms with van der Waals surface area (Å²) in [7, 11) is -2.12. The molecule has 0 saturated carbocycles. The summed E-state index contributed by atoms with van der Waals surface area (Å²) >= 11 is 0. The molecule has 3 rings (SSSR count). The number of aromatic carboxylic acids is 1. The monoisotopic (exact) mass is 539 g/mol. The van der Waals surface area contributed by atoms with Crippen molar-refractivity contribution in [3.05, 3.63) is 83.6 Å². The molecule has 0 fully saturated rings. The summed E-state index contributed by atoms with van der Waals surface area (Å²) in [6.45, 7) is 2.44. The zero-order valence-electron chi connectivity index (χ0n) is 19.7. The summed E-state index contributed by atoms with van der Waals surface area (Å²) in [5.74, 6) is -3.69. The maximum Gasteiger partial charge on any atom is 0.490 e. The second-order valence-electron chi connectivity index (χ2n) is 7.65. The number of hydrogen-bond acceptors (Lipinski definition) is 6. The van der Waals surface area contributed by atoms with Gasteiger partial charge < -0.3 is 15.1 Å². The third kappa shape index (κ3) is 8.49. The van der Waals surface area contributed by atoms with Crippen molar-refractivity contribution in [1.82, 2.24) is 4.98 Å². The minimum absolute atomic E-state index is 0.0869. The Labute approximate surface area is 211 Å². The van der Waals surface area contributed by atoms with Crippen molar-refractivity contribution in [3.63, 3.8) is 0 Å². The third-order valence-electron chi connectivity index (χ3n) is 4.86. The molecule has 1 aromatic heterocycles. The van der Waals surface area contributed by atoms with Crippen LogP contribution in [0.5, 0.6) is 0 Å². The van der Waals surface area contributed by atoms with E-state index in [1.807, 2.05) is 37.3 Å². The van der Waals surface area contributed by atoms with Crippen LogP contribution in [0.2, 0.25) is 0 Å². The zero-order valence-corrected chi connectivity index (χ0v) is 20.5. The van der Waals surface area contributed by atoms with Gasteiger partial charge in [-0.1, -0.05) is 49.4 Å². The van der Waals surface area contributed by atoms with E-state index in [0.29, 0.717) is 6.54 Å². The summed E-state index contributed by atoms with van der Waals surface area (Å²) in [5.41, 5.74) is 2.02. The molecule has 0 amide bonds. The normalized spacial score (nSPS) is 11.2. The fourth-order valence-corrected chi connectivity index (χ4v) is 4.06. The molecular weight excluding hydrogens is 515 g/mol. The number of nitrogens with zero attached hydrogens (tertiary/aromatic N) is 2. The lowest BCUT2D eigenvalue weighted by atomic mass is 10.2. The van der Waals surface area contributed by atoms with Crippen LogP contribution in [0, 0.1) is 0 Å². The first-order chi connectivity index (χ1) is 17.2. The van der Waals surface area contributed by atoms with E-state index in [1.165, 1.54) is 24.4 Å². The molecule has 0 aliphatic carbocycles. The Kier molecular flexibility index (Phi) is 9.61. The Morgan fingerprint density at radius 3 is 2.05 bits per heavy atom. The van der Waals surface area contributed by atoms with Crippen molar-refractivity contribution < 1.29 is 41.4 Å². The quantitative estimate of drug-likeness (QED) is 0.383. The molecule has 0 unspecified atom stereocenters. The van der Waals surface area contributed by atoms with Crippen molar-refractivity contribution in [2.24, 2.45) is 0 Å². The Hall–Kier alpha value is -4.13. The minimum atomic E-state index is -5.08. The van der Waals surface area contributed by atoms with E-state index < -0.39 is 28.1 Å². The van der Waals surface area contributed by atoms with Crippen LogP contribution in [0.4, 0.5) is 24.7 Å². The predicted molar refractivity (Wildman–Crippen MR) is 130 cm³/mol. The van der Waals surface area contributed by atoms with Gasteiger partial charge in [0.15, 0.2) is 0 Å². The van der Waals surface area contributed by atoms with Crippen molar-refractivity contribution in [3.8, 4) is 0 Å². The fourth-order valence-electron chi connectivity index (χ4n) is 3.03. The largest absolute Gasteiger partial charge is 0.490 e. The number of nitrogens with one attached hydrogen (secondary N) is 1. The summed E-state index contributed by atoms with van der Waals surface area (Å²) in [5, 5.41) is 16.8. The van der Waals surface area contributed by atoms with Gasteiger partial charge in [0.05, 0.1) is 16.8 Å². The lowest BCUT2D eigenvalue weighted by Gasteiger charge is -2.20. The van der Waals surface area contributed by atoms with Gasteiger partial charge in [-0.15, -0.1) is 0 Å². The fraction of sp³-hybridized carbons (Fsp3) is 0.208. The van der Waals surface area contributed by atoms with Crippen LogP contribution in [0.3, 0.4) is 0 Å². The first-order valence-electron chi connectivity index (χ1n) is 10.6. The lowest BCUT2D eigenvalue weighted by molar-refractivity contribution is -0.192. The molecule has 9 nitrogen and oxygen atoms in total. The number of pyridine rings is 1. The SMILES string of the molecule is CCc1ccc(S(=O)(=O)Nc2cnc(N(C)Cc3ccccc3)c(C(=O)O)c2)cc1.O=C(O)C(F)(F)F. The third-order valence-corrected chi connectivity index (χ3v) is 6.26. The Morgan fingerprint density at radius 1 is 1.00 bits per heavy atom. The van der Waals surface area contributed by atoms with Gasteiger partial charge in [-0.2, -0.15) is 13.2 Å². The van der Waals surface area contributed by atoms with E-state index in [2.05, 4.69) is 9.71 Å². The highest BCUT2D eigenvalue weighted by atomic mass is 32.2. The number of aliphatic carboxylic acids is 1. The van der Waals surface area contributed by atoms with Gasteiger partial charge in [0.2, 0.25) is 0 Å². The number of sulfonamides is 1. The number of carbonyl (C=O) groups is 2. The smallest absolute Gasteiger partial charge is 0.478 e. The average molecular weight is 540 g/mol. The van der Waals surface area contributed by atoms with Gasteiger partial charge in [0.1, 0.15) is 11.4 Å². The van der Waals surface area contributed by atoms with Crippen molar-refractivity contribution in [1.29, 1.82) is 0 Å². The summed E-state index contributed by atoms with van der Waals surface area (Å²) in [4.78, 5) is 26.7. The van der Waals surface area contributed by atoms with E-state index in [1.54, 1.807) is 24.1 Å². The molecule has 0 aliphatic rings. The van der Waals surface area contributed by atoms with Crippen LogP contribution in [-0.2, 0) is 27.8 Å². The van der Waals surface area contributed by atoms with Gasteiger partial charge in [0.25, 0.3) is 10.0 Å². The van der Waals surface area contributed by atoms with Gasteiger partial charge in [-0.05, 0) is 35.7 Å². The van der Waals surface area contributed by atoms with Gasteiger partial charge in [0, 0.05) is 13.6 Å². The maximum atomic E-state index is 12.6. The Morgan fingerprint density at radius 2 is 1.57 bits per heavy atom. The number of benzene rings is 2. The van der Waals surface area contributed by atoms with E-state index in [9.17, 15) is 31.5 Å². The molecule has 37 heavy (non-hydrogen) atoms. The number of aryl methyl sites for hydroxylation is 1. The van der Waals surface area contributed by atoms with Crippen LogP contribution >= 0.6 is 0 Å². The van der Waals surface area contributed by atoms with Crippen molar-refractivity contribution in [2.45, 2.75) is 31.0 Å². The number of alkyl halides is 3. The maximum absolute atomic E-state index is 12.6. The number of carboxylic acids is 2.